The number of rotatable bonds is 3. The number of hydrogen-bond donors (Lipinski definition) is 0. The van der Waals surface area contributed by atoms with Crippen molar-refractivity contribution in [1.29, 1.82) is 0 Å². The molecule has 5 heteroatoms. The van der Waals surface area contributed by atoms with Gasteiger partial charge in [0.05, 0.1) is 0 Å². The molecule has 0 atom stereocenters. The third kappa shape index (κ3) is 3.30. The van der Waals surface area contributed by atoms with Crippen molar-refractivity contribution in [3.8, 4) is 9.75 Å². The molecule has 0 unspecified atom stereocenters. The van der Waals surface area contributed by atoms with E-state index >= 15 is 0 Å². The summed E-state index contributed by atoms with van der Waals surface area (Å²) < 4.78 is 8.82. The van der Waals surface area contributed by atoms with Gasteiger partial charge in [0.25, 0.3) is 0 Å². The zero-order chi connectivity index (χ0) is 20.6. The van der Waals surface area contributed by atoms with Gasteiger partial charge in [0.15, 0.2) is 0 Å². The maximum atomic E-state index is 2.52. The van der Waals surface area contributed by atoms with E-state index in [4.69, 9.17) is 0 Å². The number of aryl methyl sites for hydroxylation is 1. The molecule has 28 heavy (non-hydrogen) atoms. The van der Waals surface area contributed by atoms with Crippen LogP contribution in [0.4, 0.5) is 0 Å². The van der Waals surface area contributed by atoms with Crippen molar-refractivity contribution in [3.63, 3.8) is 0 Å². The average molecular weight is 637 g/mol. The molecule has 0 nitrogen and oxygen atoms in total. The van der Waals surface area contributed by atoms with E-state index < -0.39 is 37.9 Å². The van der Waals surface area contributed by atoms with E-state index in [0.29, 0.717) is 0 Å². The molecule has 3 heterocycles. The first-order chi connectivity index (χ1) is 12.9. The Labute approximate surface area is 188 Å². The predicted molar refractivity (Wildman–Crippen MR) is 139 cm³/mol. The Bertz CT molecular complexity index is 996. The normalized spacial score (nSPS) is 14.5. The van der Waals surface area contributed by atoms with Crippen LogP contribution in [-0.2, 0) is 0 Å². The molecule has 2 aromatic heterocycles. The van der Waals surface area contributed by atoms with Crippen LogP contribution in [0.2, 0.25) is 39.3 Å². The van der Waals surface area contributed by atoms with Crippen LogP contribution in [0, 0.1) is 20.8 Å². The standard InChI is InChI=1S/C16H24S2Si2.C7H7.Bi/c1-11-9-13(17-15(11)19(3,4)5)14-10-12(2)16(18-14)20(6,7)8;1-7-5-3-2-4-6-7;/h1-8H3;3-6H,1H3;. The molecule has 1 aliphatic rings. The molecule has 0 aliphatic carbocycles. The molecular formula is C23H31BiS2Si2. The summed E-state index contributed by atoms with van der Waals surface area (Å²) in [6, 6.07) is 9.60. The van der Waals surface area contributed by atoms with Crippen molar-refractivity contribution in [2.75, 3.05) is 0 Å². The summed E-state index contributed by atoms with van der Waals surface area (Å²) in [5.41, 5.74) is 4.73. The van der Waals surface area contributed by atoms with Crippen LogP contribution < -0.4 is 18.8 Å². The van der Waals surface area contributed by atoms with E-state index in [-0.39, 0.29) is 0 Å². The molecular weight excluding hydrogens is 606 g/mol. The van der Waals surface area contributed by atoms with Gasteiger partial charge in [-0.1, -0.05) is 0 Å². The van der Waals surface area contributed by atoms with Crippen LogP contribution in [0.3, 0.4) is 0 Å². The van der Waals surface area contributed by atoms with Gasteiger partial charge in [-0.3, -0.25) is 0 Å². The summed E-state index contributed by atoms with van der Waals surface area (Å²) in [5.74, 6) is 0. The predicted octanol–water partition coefficient (Wildman–Crippen LogP) is 4.32. The molecule has 0 amide bonds. The Morgan fingerprint density at radius 1 is 0.643 bits per heavy atom. The van der Waals surface area contributed by atoms with Gasteiger partial charge in [0.1, 0.15) is 0 Å². The first kappa shape index (κ1) is 21.2. The van der Waals surface area contributed by atoms with Crippen LogP contribution in [0.5, 0.6) is 0 Å². The minimum absolute atomic E-state index is 1.31. The van der Waals surface area contributed by atoms with Crippen molar-refractivity contribution in [2.45, 2.75) is 60.1 Å². The Morgan fingerprint density at radius 2 is 1.04 bits per heavy atom. The fraction of sp³-hybridized carbons (Fsp3) is 0.391. The van der Waals surface area contributed by atoms with E-state index in [1.165, 1.54) is 5.56 Å². The summed E-state index contributed by atoms with van der Waals surface area (Å²) in [5, 5.41) is 0. The molecule has 1 aromatic carbocycles. The fourth-order valence-electron chi connectivity index (χ4n) is 4.35. The summed E-state index contributed by atoms with van der Waals surface area (Å²) in [7, 11) is -2.62. The van der Waals surface area contributed by atoms with Crippen molar-refractivity contribution in [3.05, 3.63) is 41.0 Å². The Balaban J connectivity index is 2.04. The molecule has 0 bridgehead atoms. The molecule has 0 N–H and O–H groups in total. The zero-order valence-electron chi connectivity index (χ0n) is 18.6. The minimum atomic E-state index is -2.21. The van der Waals surface area contributed by atoms with Gasteiger partial charge < -0.3 is 0 Å². The number of thiophene rings is 2. The summed E-state index contributed by atoms with van der Waals surface area (Å²) in [4.78, 5) is 3.36. The number of hydrogen-bond acceptors (Lipinski definition) is 2. The number of benzene rings is 1. The first-order valence-electron chi connectivity index (χ1n) is 10.1. The SMILES string of the molecule is Cc1cc[c]([Bi]2[c]3c(sc([Si](C)(C)C)c3C)-c3sc([Si](C)(C)C)c(C)[c]32)cc1. The molecule has 1 aliphatic heterocycles. The van der Waals surface area contributed by atoms with E-state index in [2.05, 4.69) is 107 Å². The summed E-state index contributed by atoms with van der Waals surface area (Å²) in [6.07, 6.45) is 0. The molecule has 0 radical (unpaired) electrons. The van der Waals surface area contributed by atoms with Crippen LogP contribution in [0.1, 0.15) is 16.7 Å². The molecule has 0 saturated heterocycles. The Hall–Kier alpha value is -0.0631. The van der Waals surface area contributed by atoms with Crippen LogP contribution in [0.25, 0.3) is 9.75 Å². The second-order valence-electron chi connectivity index (χ2n) is 10.1. The van der Waals surface area contributed by atoms with Crippen LogP contribution in [0.15, 0.2) is 24.3 Å². The van der Waals surface area contributed by atoms with Gasteiger partial charge >= 0.3 is 190 Å². The number of fused-ring (bicyclic) bond motifs is 3. The van der Waals surface area contributed by atoms with E-state index in [9.17, 15) is 0 Å². The van der Waals surface area contributed by atoms with Crippen molar-refractivity contribution in [1.82, 2.24) is 0 Å². The van der Waals surface area contributed by atoms with Gasteiger partial charge in [-0.25, -0.2) is 0 Å². The second kappa shape index (κ2) is 6.98. The Morgan fingerprint density at radius 3 is 1.39 bits per heavy atom. The average Bonchev–Trinajstić information content (AvgIpc) is 3.18. The third-order valence-electron chi connectivity index (χ3n) is 5.54. The van der Waals surface area contributed by atoms with Gasteiger partial charge in [-0.05, 0) is 0 Å². The van der Waals surface area contributed by atoms with Gasteiger partial charge in [0.2, 0.25) is 0 Å². The van der Waals surface area contributed by atoms with E-state index in [0.717, 1.165) is 0 Å². The van der Waals surface area contributed by atoms with Crippen molar-refractivity contribution >= 4 is 79.4 Å². The Kier molecular flexibility index (Phi) is 5.28. The second-order valence-corrected chi connectivity index (χ2v) is 31.0. The van der Waals surface area contributed by atoms with Crippen molar-refractivity contribution < 1.29 is 0 Å². The maximum absolute atomic E-state index is 2.52. The quantitative estimate of drug-likeness (QED) is 0.294. The van der Waals surface area contributed by atoms with Gasteiger partial charge in [-0.2, -0.15) is 0 Å². The van der Waals surface area contributed by atoms with E-state index in [1.807, 2.05) is 6.54 Å². The monoisotopic (exact) mass is 636 g/mol. The summed E-state index contributed by atoms with van der Waals surface area (Å²) in [6.45, 7) is 22.2. The van der Waals surface area contributed by atoms with E-state index in [1.54, 1.807) is 33.2 Å². The molecule has 0 fully saturated rings. The molecule has 0 spiro atoms. The van der Waals surface area contributed by atoms with Crippen molar-refractivity contribution in [2.24, 2.45) is 0 Å². The molecule has 4 rings (SSSR count). The van der Waals surface area contributed by atoms with Crippen LogP contribution >= 0.6 is 22.7 Å². The first-order valence-corrected chi connectivity index (χ1v) is 23.9. The molecule has 0 saturated carbocycles. The van der Waals surface area contributed by atoms with Gasteiger partial charge in [-0.15, -0.1) is 0 Å². The van der Waals surface area contributed by atoms with Crippen LogP contribution in [-0.4, -0.2) is 37.9 Å². The topological polar surface area (TPSA) is 0 Å². The fourth-order valence-corrected chi connectivity index (χ4v) is 27.3. The molecule has 3 aromatic rings. The molecule has 148 valence electrons. The third-order valence-corrected chi connectivity index (χ3v) is 27.9. The zero-order valence-corrected chi connectivity index (χ0v) is 25.7. The summed E-state index contributed by atoms with van der Waals surface area (Å²) >= 11 is 2.13. The van der Waals surface area contributed by atoms with Gasteiger partial charge in [0, 0.05) is 0 Å².